The Bertz CT molecular complexity index is 473. The Morgan fingerprint density at radius 2 is 2.13 bits per heavy atom. The van der Waals surface area contributed by atoms with Gasteiger partial charge in [0.05, 0.1) is 6.20 Å². The van der Waals surface area contributed by atoms with Crippen molar-refractivity contribution in [2.45, 2.75) is 6.18 Å². The fourth-order valence-corrected chi connectivity index (χ4v) is 1.03. The van der Waals surface area contributed by atoms with Gasteiger partial charge in [0, 0.05) is 0 Å². The normalized spacial score (nSPS) is 11.9. The van der Waals surface area contributed by atoms with Crippen LogP contribution in [0, 0.1) is 0 Å². The Labute approximate surface area is 81.1 Å². The topological polar surface area (TPSA) is 80.7 Å². The van der Waals surface area contributed by atoms with E-state index in [4.69, 9.17) is 5.73 Å². The van der Waals surface area contributed by atoms with Crippen LogP contribution in [0.15, 0.2) is 16.8 Å². The van der Waals surface area contributed by atoms with Gasteiger partial charge in [-0.1, -0.05) is 5.16 Å². The number of nitrogens with zero attached hydrogens (tertiary/aromatic N) is 2. The standard InChI is InChI=1S/C7H5F3N4O/c8-7(9,10)5-1-4(13-14-5)6-3(11)2-12-15-6/h1-2H,11H2,(H,13,14). The van der Waals surface area contributed by atoms with Gasteiger partial charge in [0.15, 0.2) is 0 Å². The van der Waals surface area contributed by atoms with Crippen LogP contribution in [0.3, 0.4) is 0 Å². The lowest BCUT2D eigenvalue weighted by Gasteiger charge is -1.99. The Kier molecular flexibility index (Phi) is 1.92. The Hall–Kier alpha value is -1.99. The van der Waals surface area contributed by atoms with Crippen molar-refractivity contribution in [3.05, 3.63) is 18.0 Å². The average Bonchev–Trinajstić information content (AvgIpc) is 2.69. The molecule has 80 valence electrons. The van der Waals surface area contributed by atoms with Gasteiger partial charge in [-0.25, -0.2) is 0 Å². The number of nitrogens with one attached hydrogen (secondary N) is 1. The molecule has 2 rings (SSSR count). The molecule has 0 spiro atoms. The van der Waals surface area contributed by atoms with E-state index in [1.807, 2.05) is 5.10 Å². The van der Waals surface area contributed by atoms with Crippen LogP contribution < -0.4 is 5.73 Å². The summed E-state index contributed by atoms with van der Waals surface area (Å²) in [4.78, 5) is 0. The first-order chi connectivity index (χ1) is 6.98. The highest BCUT2D eigenvalue weighted by Gasteiger charge is 2.33. The Balaban J connectivity index is 2.41. The number of anilines is 1. The molecule has 0 unspecified atom stereocenters. The number of H-pyrrole nitrogens is 1. The smallest absolute Gasteiger partial charge is 0.394 e. The van der Waals surface area contributed by atoms with Crippen LogP contribution in [0.1, 0.15) is 5.69 Å². The lowest BCUT2D eigenvalue weighted by molar-refractivity contribution is -0.141. The van der Waals surface area contributed by atoms with Crippen molar-refractivity contribution in [3.8, 4) is 11.5 Å². The van der Waals surface area contributed by atoms with Crippen LogP contribution in [-0.2, 0) is 6.18 Å². The molecule has 5 nitrogen and oxygen atoms in total. The minimum absolute atomic E-state index is 0.0155. The molecular formula is C7H5F3N4O. The third-order valence-electron chi connectivity index (χ3n) is 1.71. The number of aromatic nitrogens is 3. The van der Waals surface area contributed by atoms with Gasteiger partial charge in [-0.2, -0.15) is 18.3 Å². The van der Waals surface area contributed by atoms with Gasteiger partial charge in [0.25, 0.3) is 0 Å². The summed E-state index contributed by atoms with van der Waals surface area (Å²) in [5, 5.41) is 8.60. The largest absolute Gasteiger partial charge is 0.432 e. The van der Waals surface area contributed by atoms with Crippen molar-refractivity contribution in [1.29, 1.82) is 0 Å². The summed E-state index contributed by atoms with van der Waals surface area (Å²) in [6.07, 6.45) is -3.28. The minimum atomic E-state index is -4.47. The lowest BCUT2D eigenvalue weighted by Crippen LogP contribution is -2.04. The molecule has 8 heteroatoms. The highest BCUT2D eigenvalue weighted by Crippen LogP contribution is 2.31. The van der Waals surface area contributed by atoms with Crippen LogP contribution in [0.2, 0.25) is 0 Å². The van der Waals surface area contributed by atoms with E-state index in [-0.39, 0.29) is 17.1 Å². The Morgan fingerprint density at radius 3 is 2.60 bits per heavy atom. The van der Waals surface area contributed by atoms with Crippen molar-refractivity contribution >= 4 is 5.69 Å². The second kappa shape index (κ2) is 3.01. The van der Waals surface area contributed by atoms with Gasteiger partial charge >= 0.3 is 6.18 Å². The molecule has 0 saturated carbocycles. The lowest BCUT2D eigenvalue weighted by atomic mass is 10.3. The van der Waals surface area contributed by atoms with Gasteiger partial charge in [0.2, 0.25) is 5.76 Å². The highest BCUT2D eigenvalue weighted by atomic mass is 19.4. The third kappa shape index (κ3) is 1.65. The molecule has 0 amide bonds. The predicted octanol–water partition coefficient (Wildman–Crippen LogP) is 1.67. The molecule has 0 atom stereocenters. The molecular weight excluding hydrogens is 213 g/mol. The van der Waals surface area contributed by atoms with Crippen molar-refractivity contribution in [1.82, 2.24) is 15.4 Å². The first-order valence-electron chi connectivity index (χ1n) is 3.81. The number of halogens is 3. The van der Waals surface area contributed by atoms with E-state index < -0.39 is 11.9 Å². The van der Waals surface area contributed by atoms with E-state index in [2.05, 4.69) is 14.8 Å². The number of rotatable bonds is 1. The van der Waals surface area contributed by atoms with Crippen LogP contribution in [0.5, 0.6) is 0 Å². The summed E-state index contributed by atoms with van der Waals surface area (Å²) < 4.78 is 41.2. The van der Waals surface area contributed by atoms with Crippen LogP contribution >= 0.6 is 0 Å². The van der Waals surface area contributed by atoms with E-state index in [1.54, 1.807) is 0 Å². The maximum absolute atomic E-state index is 12.2. The number of alkyl halides is 3. The van der Waals surface area contributed by atoms with E-state index >= 15 is 0 Å². The van der Waals surface area contributed by atoms with E-state index in [9.17, 15) is 13.2 Å². The summed E-state index contributed by atoms with van der Waals surface area (Å²) in [6.45, 7) is 0. The summed E-state index contributed by atoms with van der Waals surface area (Å²) in [5.41, 5.74) is 4.54. The average molecular weight is 218 g/mol. The summed E-state index contributed by atoms with van der Waals surface area (Å²) in [6, 6.07) is 0.802. The molecule has 2 aromatic rings. The maximum Gasteiger partial charge on any atom is 0.432 e. The molecule has 15 heavy (non-hydrogen) atoms. The predicted molar refractivity (Wildman–Crippen MR) is 43.5 cm³/mol. The van der Waals surface area contributed by atoms with Crippen molar-refractivity contribution < 1.29 is 17.7 Å². The van der Waals surface area contributed by atoms with Crippen molar-refractivity contribution in [3.63, 3.8) is 0 Å². The number of hydrogen-bond acceptors (Lipinski definition) is 4. The number of aromatic amines is 1. The SMILES string of the molecule is Nc1cnoc1-c1cc(C(F)(F)F)[nH]n1. The Morgan fingerprint density at radius 1 is 1.40 bits per heavy atom. The molecule has 0 radical (unpaired) electrons. The molecule has 0 aliphatic carbocycles. The van der Waals surface area contributed by atoms with E-state index in [0.717, 1.165) is 6.07 Å². The monoisotopic (exact) mass is 218 g/mol. The van der Waals surface area contributed by atoms with Crippen LogP contribution in [0.25, 0.3) is 11.5 Å². The molecule has 3 N–H and O–H groups in total. The minimum Gasteiger partial charge on any atom is -0.394 e. The molecule has 0 fully saturated rings. The zero-order chi connectivity index (χ0) is 11.1. The summed E-state index contributed by atoms with van der Waals surface area (Å²) in [5.74, 6) is 0.0155. The quantitative estimate of drug-likeness (QED) is 0.762. The zero-order valence-electron chi connectivity index (χ0n) is 7.17. The highest BCUT2D eigenvalue weighted by molar-refractivity contribution is 5.66. The summed E-state index contributed by atoms with van der Waals surface area (Å²) >= 11 is 0. The van der Waals surface area contributed by atoms with Crippen LogP contribution in [-0.4, -0.2) is 15.4 Å². The molecule has 0 aromatic carbocycles. The molecule has 0 saturated heterocycles. The van der Waals surface area contributed by atoms with Gasteiger partial charge in [-0.15, -0.1) is 0 Å². The van der Waals surface area contributed by atoms with Crippen LogP contribution in [0.4, 0.5) is 18.9 Å². The van der Waals surface area contributed by atoms with E-state index in [0.29, 0.717) is 0 Å². The zero-order valence-corrected chi connectivity index (χ0v) is 7.17. The van der Waals surface area contributed by atoms with Gasteiger partial charge in [0.1, 0.15) is 17.1 Å². The first-order valence-corrected chi connectivity index (χ1v) is 3.81. The number of nitrogens with two attached hydrogens (primary N) is 1. The number of hydrogen-bond donors (Lipinski definition) is 2. The second-order valence-corrected chi connectivity index (χ2v) is 2.77. The van der Waals surface area contributed by atoms with Gasteiger partial charge < -0.3 is 10.3 Å². The fraction of sp³-hybridized carbons (Fsp3) is 0.143. The van der Waals surface area contributed by atoms with Crippen molar-refractivity contribution in [2.24, 2.45) is 0 Å². The molecule has 2 aromatic heterocycles. The maximum atomic E-state index is 12.2. The molecule has 0 bridgehead atoms. The fourth-order valence-electron chi connectivity index (χ4n) is 1.03. The molecule has 0 aliphatic rings. The summed E-state index contributed by atoms with van der Waals surface area (Å²) in [7, 11) is 0. The first kappa shape index (κ1) is 9.56. The van der Waals surface area contributed by atoms with Gasteiger partial charge in [-0.05, 0) is 6.07 Å². The molecule has 0 aliphatic heterocycles. The second-order valence-electron chi connectivity index (χ2n) is 2.77. The van der Waals surface area contributed by atoms with Crippen molar-refractivity contribution in [2.75, 3.05) is 5.73 Å². The number of nitrogen functional groups attached to an aromatic ring is 1. The van der Waals surface area contributed by atoms with Gasteiger partial charge in [-0.3, -0.25) is 5.10 Å². The third-order valence-corrected chi connectivity index (χ3v) is 1.71. The van der Waals surface area contributed by atoms with E-state index in [1.165, 1.54) is 6.20 Å². The molecule has 2 heterocycles.